The summed E-state index contributed by atoms with van der Waals surface area (Å²) in [5, 5.41) is 3.34. The smallest absolute Gasteiger partial charge is 0.218 e. The molecule has 0 bridgehead atoms. The van der Waals surface area contributed by atoms with Gasteiger partial charge in [-0.15, -0.1) is 0 Å². The van der Waals surface area contributed by atoms with Crippen molar-refractivity contribution in [3.05, 3.63) is 11.9 Å². The minimum Gasteiger partial charge on any atom is -0.474 e. The summed E-state index contributed by atoms with van der Waals surface area (Å²) in [6.07, 6.45) is 8.44. The Morgan fingerprint density at radius 2 is 2.10 bits per heavy atom. The van der Waals surface area contributed by atoms with Crippen molar-refractivity contribution in [1.29, 1.82) is 0 Å². The molecule has 4 heteroatoms. The summed E-state index contributed by atoms with van der Waals surface area (Å²) < 4.78 is 6.16. The standard InChI is InChI=1S/C17H29N3O/c1-4-10-18-16-12-17(20-15(6-3)19-16)21-14-9-7-8-13(5-2)11-14/h12-14H,4-11H2,1-3H3,(H,18,19,20). The number of nitrogens with one attached hydrogen (secondary N) is 1. The normalized spacial score (nSPS) is 22.0. The molecule has 0 saturated heterocycles. The van der Waals surface area contributed by atoms with Crippen molar-refractivity contribution in [2.45, 2.75) is 71.8 Å². The predicted molar refractivity (Wildman–Crippen MR) is 86.9 cm³/mol. The molecule has 2 unspecified atom stereocenters. The molecule has 0 aliphatic heterocycles. The van der Waals surface area contributed by atoms with Crippen LogP contribution >= 0.6 is 0 Å². The number of nitrogens with zero attached hydrogens (tertiary/aromatic N) is 2. The fourth-order valence-corrected chi connectivity index (χ4v) is 2.93. The van der Waals surface area contributed by atoms with Gasteiger partial charge in [0.05, 0.1) is 0 Å². The van der Waals surface area contributed by atoms with Gasteiger partial charge >= 0.3 is 0 Å². The minimum atomic E-state index is 0.322. The fourth-order valence-electron chi connectivity index (χ4n) is 2.93. The van der Waals surface area contributed by atoms with E-state index in [-0.39, 0.29) is 0 Å². The van der Waals surface area contributed by atoms with Crippen LogP contribution in [-0.4, -0.2) is 22.6 Å². The molecule has 0 aromatic carbocycles. The molecule has 1 N–H and O–H groups in total. The number of rotatable bonds is 7. The predicted octanol–water partition coefficient (Wildman–Crippen LogP) is 4.21. The largest absolute Gasteiger partial charge is 0.474 e. The molecule has 1 aromatic heterocycles. The highest BCUT2D eigenvalue weighted by molar-refractivity contribution is 5.38. The Labute approximate surface area is 128 Å². The topological polar surface area (TPSA) is 47.0 Å². The highest BCUT2D eigenvalue weighted by atomic mass is 16.5. The number of aromatic nitrogens is 2. The van der Waals surface area contributed by atoms with Gasteiger partial charge in [-0.2, -0.15) is 4.98 Å². The molecule has 0 amide bonds. The molecule has 1 aliphatic rings. The van der Waals surface area contributed by atoms with Crippen LogP contribution in [0, 0.1) is 5.92 Å². The van der Waals surface area contributed by atoms with Gasteiger partial charge in [-0.25, -0.2) is 4.98 Å². The zero-order valence-corrected chi connectivity index (χ0v) is 13.7. The average Bonchev–Trinajstić information content (AvgIpc) is 2.52. The molecule has 2 atom stereocenters. The van der Waals surface area contributed by atoms with Gasteiger partial charge in [0.15, 0.2) is 0 Å². The van der Waals surface area contributed by atoms with Gasteiger partial charge in [0, 0.05) is 19.0 Å². The lowest BCUT2D eigenvalue weighted by molar-refractivity contribution is 0.117. The molecular formula is C17H29N3O. The van der Waals surface area contributed by atoms with E-state index in [1.807, 2.05) is 6.07 Å². The molecule has 0 radical (unpaired) electrons. The molecule has 2 rings (SSSR count). The molecule has 1 aromatic rings. The third-order valence-corrected chi connectivity index (χ3v) is 4.22. The van der Waals surface area contributed by atoms with E-state index in [0.717, 1.165) is 49.2 Å². The first kappa shape index (κ1) is 16.1. The first-order valence-corrected chi connectivity index (χ1v) is 8.53. The lowest BCUT2D eigenvalue weighted by Crippen LogP contribution is -2.25. The fraction of sp³-hybridized carbons (Fsp3) is 0.765. The third kappa shape index (κ3) is 4.87. The van der Waals surface area contributed by atoms with E-state index in [1.54, 1.807) is 0 Å². The second-order valence-corrected chi connectivity index (χ2v) is 5.97. The summed E-state index contributed by atoms with van der Waals surface area (Å²) in [6, 6.07) is 1.95. The van der Waals surface area contributed by atoms with Gasteiger partial charge in [0.25, 0.3) is 0 Å². The van der Waals surface area contributed by atoms with Crippen LogP contribution < -0.4 is 10.1 Å². The lowest BCUT2D eigenvalue weighted by Gasteiger charge is -2.28. The third-order valence-electron chi connectivity index (χ3n) is 4.22. The molecular weight excluding hydrogens is 262 g/mol. The summed E-state index contributed by atoms with van der Waals surface area (Å²) in [5.41, 5.74) is 0. The van der Waals surface area contributed by atoms with Crippen LogP contribution in [0.5, 0.6) is 5.88 Å². The Kier molecular flexibility index (Phi) is 6.27. The van der Waals surface area contributed by atoms with Crippen molar-refractivity contribution in [1.82, 2.24) is 9.97 Å². The monoisotopic (exact) mass is 291 g/mol. The van der Waals surface area contributed by atoms with Crippen LogP contribution in [0.1, 0.15) is 65.1 Å². The summed E-state index contributed by atoms with van der Waals surface area (Å²) in [5.74, 6) is 3.30. The van der Waals surface area contributed by atoms with Crippen molar-refractivity contribution in [2.24, 2.45) is 5.92 Å². The Morgan fingerprint density at radius 1 is 1.24 bits per heavy atom. The SMILES string of the molecule is CCCNc1cc(OC2CCCC(CC)C2)nc(CC)n1. The van der Waals surface area contributed by atoms with Gasteiger partial charge in [-0.3, -0.25) is 0 Å². The number of aryl methyl sites for hydroxylation is 1. The van der Waals surface area contributed by atoms with E-state index >= 15 is 0 Å². The molecule has 1 saturated carbocycles. The van der Waals surface area contributed by atoms with Gasteiger partial charge in [0.1, 0.15) is 17.7 Å². The van der Waals surface area contributed by atoms with E-state index in [9.17, 15) is 0 Å². The maximum atomic E-state index is 6.16. The van der Waals surface area contributed by atoms with Gasteiger partial charge in [0.2, 0.25) is 5.88 Å². The first-order chi connectivity index (χ1) is 10.2. The zero-order valence-electron chi connectivity index (χ0n) is 13.7. The molecule has 1 fully saturated rings. The van der Waals surface area contributed by atoms with Crippen molar-refractivity contribution in [3.63, 3.8) is 0 Å². The van der Waals surface area contributed by atoms with E-state index in [2.05, 4.69) is 36.1 Å². The minimum absolute atomic E-state index is 0.322. The maximum absolute atomic E-state index is 6.16. The Morgan fingerprint density at radius 3 is 2.81 bits per heavy atom. The van der Waals surface area contributed by atoms with Crippen LogP contribution in [-0.2, 0) is 6.42 Å². The first-order valence-electron chi connectivity index (χ1n) is 8.53. The van der Waals surface area contributed by atoms with Gasteiger partial charge < -0.3 is 10.1 Å². The Hall–Kier alpha value is -1.32. The molecule has 1 aliphatic carbocycles. The van der Waals surface area contributed by atoms with Crippen molar-refractivity contribution >= 4 is 5.82 Å². The number of hydrogen-bond acceptors (Lipinski definition) is 4. The Bertz CT molecular complexity index is 436. The van der Waals surface area contributed by atoms with Crippen LogP contribution in [0.3, 0.4) is 0 Å². The highest BCUT2D eigenvalue weighted by Crippen LogP contribution is 2.29. The van der Waals surface area contributed by atoms with Crippen LogP contribution in [0.25, 0.3) is 0 Å². The molecule has 0 spiro atoms. The number of anilines is 1. The van der Waals surface area contributed by atoms with E-state index in [0.29, 0.717) is 6.10 Å². The van der Waals surface area contributed by atoms with Crippen LogP contribution in [0.2, 0.25) is 0 Å². The molecule has 1 heterocycles. The molecule has 4 nitrogen and oxygen atoms in total. The van der Waals surface area contributed by atoms with Gasteiger partial charge in [-0.05, 0) is 31.6 Å². The van der Waals surface area contributed by atoms with Crippen molar-refractivity contribution in [3.8, 4) is 5.88 Å². The van der Waals surface area contributed by atoms with E-state index in [4.69, 9.17) is 4.74 Å². The average molecular weight is 291 g/mol. The number of ether oxygens (including phenoxy) is 1. The summed E-state index contributed by atoms with van der Waals surface area (Å²) in [6.45, 7) is 7.44. The lowest BCUT2D eigenvalue weighted by atomic mass is 9.85. The van der Waals surface area contributed by atoms with Crippen LogP contribution in [0.4, 0.5) is 5.82 Å². The molecule has 21 heavy (non-hydrogen) atoms. The summed E-state index contributed by atoms with van der Waals surface area (Å²) in [4.78, 5) is 9.04. The second kappa shape index (κ2) is 8.20. The highest BCUT2D eigenvalue weighted by Gasteiger charge is 2.22. The second-order valence-electron chi connectivity index (χ2n) is 5.97. The molecule has 118 valence electrons. The van der Waals surface area contributed by atoms with E-state index < -0.39 is 0 Å². The van der Waals surface area contributed by atoms with Crippen LogP contribution in [0.15, 0.2) is 6.07 Å². The van der Waals surface area contributed by atoms with Crippen molar-refractivity contribution < 1.29 is 4.74 Å². The zero-order chi connectivity index (χ0) is 15.1. The Balaban J connectivity index is 2.03. The van der Waals surface area contributed by atoms with E-state index in [1.165, 1.54) is 25.7 Å². The summed E-state index contributed by atoms with van der Waals surface area (Å²) >= 11 is 0. The van der Waals surface area contributed by atoms with Gasteiger partial charge in [-0.1, -0.05) is 33.6 Å². The maximum Gasteiger partial charge on any atom is 0.218 e. The quantitative estimate of drug-likeness (QED) is 0.817. The number of hydrogen-bond donors (Lipinski definition) is 1. The van der Waals surface area contributed by atoms with Crippen molar-refractivity contribution in [2.75, 3.05) is 11.9 Å². The summed E-state index contributed by atoms with van der Waals surface area (Å²) in [7, 11) is 0.